The van der Waals surface area contributed by atoms with Gasteiger partial charge in [0.1, 0.15) is 5.75 Å². The summed E-state index contributed by atoms with van der Waals surface area (Å²) in [6.45, 7) is 0. The van der Waals surface area contributed by atoms with E-state index in [9.17, 15) is 5.11 Å². The molecule has 6 nitrogen and oxygen atoms in total. The predicted molar refractivity (Wildman–Crippen MR) is 61.1 cm³/mol. The first kappa shape index (κ1) is 11.1. The molecular weight excluding hydrogens is 224 g/mol. The number of nitrogen functional groups attached to an aromatic ring is 1. The third-order valence-electron chi connectivity index (χ3n) is 2.29. The summed E-state index contributed by atoms with van der Waals surface area (Å²) in [5, 5.41) is 13.2. The third-order valence-corrected chi connectivity index (χ3v) is 2.29. The number of rotatable bonds is 3. The molecule has 0 unspecified atom stereocenters. The Kier molecular flexibility index (Phi) is 2.78. The quantitative estimate of drug-likeness (QED) is 0.841. The lowest BCUT2D eigenvalue weighted by Gasteiger charge is -2.09. The number of ether oxygens (including phenoxy) is 2. The Morgan fingerprint density at radius 1 is 1.18 bits per heavy atom. The van der Waals surface area contributed by atoms with Crippen LogP contribution >= 0.6 is 0 Å². The van der Waals surface area contributed by atoms with Gasteiger partial charge in [-0.05, 0) is 6.07 Å². The second kappa shape index (κ2) is 4.25. The average Bonchev–Trinajstić information content (AvgIpc) is 2.75. The number of hydrogen-bond donors (Lipinski definition) is 2. The summed E-state index contributed by atoms with van der Waals surface area (Å²) >= 11 is 0. The molecule has 2 aromatic rings. The summed E-state index contributed by atoms with van der Waals surface area (Å²) in [5.41, 5.74) is 6.08. The van der Waals surface area contributed by atoms with Crippen LogP contribution in [0.3, 0.4) is 0 Å². The summed E-state index contributed by atoms with van der Waals surface area (Å²) in [6.07, 6.45) is 0. The Morgan fingerprint density at radius 2 is 1.88 bits per heavy atom. The molecule has 0 fully saturated rings. The van der Waals surface area contributed by atoms with Crippen LogP contribution in [0.25, 0.3) is 11.3 Å². The minimum atomic E-state index is -0.0133. The molecule has 1 aromatic heterocycles. The molecular formula is C11H12N2O4. The van der Waals surface area contributed by atoms with Crippen LogP contribution < -0.4 is 15.2 Å². The van der Waals surface area contributed by atoms with Crippen LogP contribution in [-0.2, 0) is 0 Å². The van der Waals surface area contributed by atoms with Crippen molar-refractivity contribution in [2.45, 2.75) is 0 Å². The zero-order valence-electron chi connectivity index (χ0n) is 9.43. The van der Waals surface area contributed by atoms with Crippen molar-refractivity contribution in [1.29, 1.82) is 0 Å². The number of anilines is 1. The predicted octanol–water partition coefficient (Wildman–Crippen LogP) is 1.65. The number of methoxy groups -OCH3 is 2. The zero-order chi connectivity index (χ0) is 12.4. The Balaban J connectivity index is 2.58. The van der Waals surface area contributed by atoms with Crippen molar-refractivity contribution in [2.24, 2.45) is 0 Å². The fourth-order valence-corrected chi connectivity index (χ4v) is 1.49. The van der Waals surface area contributed by atoms with E-state index < -0.39 is 0 Å². The SMILES string of the molecule is COc1cc(-c2cc(N)no2)c(OC)cc1O. The van der Waals surface area contributed by atoms with Gasteiger partial charge in [0, 0.05) is 12.1 Å². The largest absolute Gasteiger partial charge is 0.504 e. The van der Waals surface area contributed by atoms with Gasteiger partial charge in [-0.25, -0.2) is 0 Å². The van der Waals surface area contributed by atoms with Gasteiger partial charge < -0.3 is 24.8 Å². The highest BCUT2D eigenvalue weighted by atomic mass is 16.5. The molecule has 1 heterocycles. The van der Waals surface area contributed by atoms with E-state index in [0.29, 0.717) is 22.8 Å². The lowest BCUT2D eigenvalue weighted by Crippen LogP contribution is -1.90. The normalized spacial score (nSPS) is 10.2. The zero-order valence-corrected chi connectivity index (χ0v) is 9.43. The Bertz CT molecular complexity index is 536. The van der Waals surface area contributed by atoms with Crippen LogP contribution in [0, 0.1) is 0 Å². The van der Waals surface area contributed by atoms with E-state index in [1.165, 1.54) is 20.3 Å². The van der Waals surface area contributed by atoms with Crippen LogP contribution in [0.1, 0.15) is 0 Å². The van der Waals surface area contributed by atoms with Gasteiger partial charge in [-0.2, -0.15) is 0 Å². The maximum Gasteiger partial charge on any atom is 0.172 e. The monoisotopic (exact) mass is 236 g/mol. The van der Waals surface area contributed by atoms with Gasteiger partial charge in [0.25, 0.3) is 0 Å². The number of hydrogen-bond acceptors (Lipinski definition) is 6. The topological polar surface area (TPSA) is 90.7 Å². The Hall–Kier alpha value is -2.37. The summed E-state index contributed by atoms with van der Waals surface area (Å²) in [6, 6.07) is 4.59. The molecule has 0 radical (unpaired) electrons. The molecule has 0 aliphatic carbocycles. The number of benzene rings is 1. The average molecular weight is 236 g/mol. The minimum absolute atomic E-state index is 0.0133. The van der Waals surface area contributed by atoms with E-state index >= 15 is 0 Å². The second-order valence-electron chi connectivity index (χ2n) is 3.34. The first-order valence-corrected chi connectivity index (χ1v) is 4.83. The molecule has 0 bridgehead atoms. The van der Waals surface area contributed by atoms with Crippen molar-refractivity contribution in [3.8, 4) is 28.6 Å². The first-order valence-electron chi connectivity index (χ1n) is 4.83. The summed E-state index contributed by atoms with van der Waals surface area (Å²) in [5.74, 6) is 1.46. The van der Waals surface area contributed by atoms with Gasteiger partial charge >= 0.3 is 0 Å². The first-order chi connectivity index (χ1) is 8.15. The summed E-state index contributed by atoms with van der Waals surface area (Å²) < 4.78 is 15.2. The second-order valence-corrected chi connectivity index (χ2v) is 3.34. The molecule has 0 atom stereocenters. The molecule has 2 rings (SSSR count). The van der Waals surface area contributed by atoms with E-state index in [1.807, 2.05) is 0 Å². The molecule has 0 spiro atoms. The minimum Gasteiger partial charge on any atom is -0.504 e. The number of nitrogens with zero attached hydrogens (tertiary/aromatic N) is 1. The number of phenolic OH excluding ortho intramolecular Hbond substituents is 1. The number of aromatic hydroxyl groups is 1. The standard InChI is InChI=1S/C11H12N2O4/c1-15-8-4-7(14)10(16-2)3-6(8)9-5-11(12)13-17-9/h3-5,14H,1-2H3,(H2,12,13). The molecule has 1 aromatic carbocycles. The van der Waals surface area contributed by atoms with Crippen molar-refractivity contribution in [3.05, 3.63) is 18.2 Å². The highest BCUT2D eigenvalue weighted by Gasteiger charge is 2.15. The van der Waals surface area contributed by atoms with E-state index in [2.05, 4.69) is 5.16 Å². The lowest BCUT2D eigenvalue weighted by molar-refractivity contribution is 0.365. The van der Waals surface area contributed by atoms with Gasteiger partial charge in [-0.1, -0.05) is 5.16 Å². The van der Waals surface area contributed by atoms with E-state index in [0.717, 1.165) is 0 Å². The van der Waals surface area contributed by atoms with Crippen molar-refractivity contribution in [2.75, 3.05) is 20.0 Å². The van der Waals surface area contributed by atoms with Crippen molar-refractivity contribution in [3.63, 3.8) is 0 Å². The molecule has 0 aliphatic rings. The van der Waals surface area contributed by atoms with Gasteiger partial charge in [0.15, 0.2) is 23.1 Å². The van der Waals surface area contributed by atoms with Gasteiger partial charge in [0.05, 0.1) is 19.8 Å². The van der Waals surface area contributed by atoms with Crippen LogP contribution in [0.4, 0.5) is 5.82 Å². The number of nitrogens with two attached hydrogens (primary N) is 1. The summed E-state index contributed by atoms with van der Waals surface area (Å²) in [7, 11) is 2.95. The Morgan fingerprint density at radius 3 is 2.41 bits per heavy atom. The maximum atomic E-state index is 9.62. The van der Waals surface area contributed by atoms with Crippen molar-refractivity contribution >= 4 is 5.82 Å². The van der Waals surface area contributed by atoms with Crippen LogP contribution in [0.15, 0.2) is 22.7 Å². The smallest absolute Gasteiger partial charge is 0.172 e. The Labute approximate surface area is 97.5 Å². The molecule has 0 amide bonds. The highest BCUT2D eigenvalue weighted by molar-refractivity contribution is 5.71. The molecule has 3 N–H and O–H groups in total. The third kappa shape index (κ3) is 1.96. The van der Waals surface area contributed by atoms with Crippen LogP contribution in [0.5, 0.6) is 17.2 Å². The summed E-state index contributed by atoms with van der Waals surface area (Å²) in [4.78, 5) is 0. The molecule has 17 heavy (non-hydrogen) atoms. The fraction of sp³-hybridized carbons (Fsp3) is 0.182. The fourth-order valence-electron chi connectivity index (χ4n) is 1.49. The number of aromatic nitrogens is 1. The number of phenols is 1. The van der Waals surface area contributed by atoms with Crippen LogP contribution in [-0.4, -0.2) is 24.5 Å². The van der Waals surface area contributed by atoms with E-state index in [1.54, 1.807) is 12.1 Å². The van der Waals surface area contributed by atoms with Crippen LogP contribution in [0.2, 0.25) is 0 Å². The highest BCUT2D eigenvalue weighted by Crippen LogP contribution is 2.39. The molecule has 0 saturated carbocycles. The van der Waals surface area contributed by atoms with Gasteiger partial charge in [-0.3, -0.25) is 0 Å². The molecule has 0 aliphatic heterocycles. The van der Waals surface area contributed by atoms with Crippen molar-refractivity contribution < 1.29 is 19.1 Å². The van der Waals surface area contributed by atoms with E-state index in [-0.39, 0.29) is 11.6 Å². The van der Waals surface area contributed by atoms with Crippen molar-refractivity contribution in [1.82, 2.24) is 5.16 Å². The van der Waals surface area contributed by atoms with Gasteiger partial charge in [0.2, 0.25) is 0 Å². The molecule has 90 valence electrons. The molecule has 6 heteroatoms. The van der Waals surface area contributed by atoms with E-state index in [4.69, 9.17) is 19.7 Å². The van der Waals surface area contributed by atoms with Gasteiger partial charge in [-0.15, -0.1) is 0 Å². The molecule has 0 saturated heterocycles. The lowest BCUT2D eigenvalue weighted by atomic mass is 10.1. The maximum absolute atomic E-state index is 9.62.